The van der Waals surface area contributed by atoms with Crippen LogP contribution >= 0.6 is 11.3 Å². The van der Waals surface area contributed by atoms with Gasteiger partial charge in [-0.25, -0.2) is 4.98 Å². The first-order valence-electron chi connectivity index (χ1n) is 7.83. The molecule has 1 saturated carbocycles. The van der Waals surface area contributed by atoms with Crippen molar-refractivity contribution in [1.82, 2.24) is 4.98 Å². The molecule has 2 aliphatic rings. The molecule has 112 valence electrons. The predicted octanol–water partition coefficient (Wildman–Crippen LogP) is 3.78. The lowest BCUT2D eigenvalue weighted by Gasteiger charge is -2.31. The fourth-order valence-corrected chi connectivity index (χ4v) is 4.74. The summed E-state index contributed by atoms with van der Waals surface area (Å²) in [6.07, 6.45) is 7.04. The topological polar surface area (TPSA) is 36.4 Å². The van der Waals surface area contributed by atoms with Crippen molar-refractivity contribution in [2.24, 2.45) is 11.3 Å². The van der Waals surface area contributed by atoms with Crippen molar-refractivity contribution in [3.63, 3.8) is 0 Å². The smallest absolute Gasteiger partial charge is 0.185 e. The number of rotatable bonds is 3. The molecule has 4 heteroatoms. The van der Waals surface area contributed by atoms with E-state index in [0.29, 0.717) is 0 Å². The number of thiazole rings is 1. The van der Waals surface area contributed by atoms with Crippen LogP contribution in [-0.2, 0) is 6.42 Å². The van der Waals surface area contributed by atoms with Crippen LogP contribution in [0.5, 0.6) is 0 Å². The maximum atomic E-state index is 10.3. The minimum absolute atomic E-state index is 0.168. The van der Waals surface area contributed by atoms with Crippen LogP contribution in [0.15, 0.2) is 0 Å². The lowest BCUT2D eigenvalue weighted by Crippen LogP contribution is -2.25. The van der Waals surface area contributed by atoms with Crippen molar-refractivity contribution >= 4 is 16.5 Å². The van der Waals surface area contributed by atoms with Gasteiger partial charge in [-0.05, 0) is 37.0 Å². The van der Waals surface area contributed by atoms with Gasteiger partial charge < -0.3 is 10.0 Å². The van der Waals surface area contributed by atoms with E-state index < -0.39 is 0 Å². The maximum absolute atomic E-state index is 10.3. The van der Waals surface area contributed by atoms with Gasteiger partial charge in [0, 0.05) is 13.6 Å². The molecule has 3 nitrogen and oxygen atoms in total. The Labute approximate surface area is 126 Å². The minimum atomic E-state index is -0.320. The van der Waals surface area contributed by atoms with Gasteiger partial charge in [0.05, 0.1) is 16.7 Å². The zero-order valence-corrected chi connectivity index (χ0v) is 13.7. The molecule has 0 spiro atoms. The van der Waals surface area contributed by atoms with Gasteiger partial charge >= 0.3 is 0 Å². The van der Waals surface area contributed by atoms with Crippen LogP contribution in [0.3, 0.4) is 0 Å². The number of aromatic nitrogens is 1. The summed E-state index contributed by atoms with van der Waals surface area (Å²) in [5.41, 5.74) is 1.30. The normalized spacial score (nSPS) is 25.7. The highest BCUT2D eigenvalue weighted by molar-refractivity contribution is 7.15. The fraction of sp³-hybridized carbons (Fsp3) is 0.812. The highest BCUT2D eigenvalue weighted by Crippen LogP contribution is 2.44. The zero-order valence-electron chi connectivity index (χ0n) is 12.9. The number of aliphatic hydroxyl groups is 1. The van der Waals surface area contributed by atoms with Crippen molar-refractivity contribution in [2.75, 3.05) is 18.5 Å². The number of hydrogen-bond donors (Lipinski definition) is 1. The molecule has 20 heavy (non-hydrogen) atoms. The Morgan fingerprint density at radius 3 is 2.75 bits per heavy atom. The number of aliphatic hydroxyl groups excluding tert-OH is 1. The van der Waals surface area contributed by atoms with E-state index in [1.54, 1.807) is 11.3 Å². The standard InChI is InChI=1S/C16H26N2OS/c1-16(2)8-12-14(13(19)9-16)20-15(17-12)18(3)10-11-6-4-5-7-11/h11,13,19H,4-10H2,1-3H3. The van der Waals surface area contributed by atoms with E-state index in [4.69, 9.17) is 4.98 Å². The first kappa shape index (κ1) is 14.3. The second kappa shape index (κ2) is 5.30. The van der Waals surface area contributed by atoms with E-state index in [0.717, 1.165) is 41.0 Å². The summed E-state index contributed by atoms with van der Waals surface area (Å²) >= 11 is 1.70. The SMILES string of the molecule is CN(CC1CCCC1)c1nc2c(s1)C(O)CC(C)(C)C2. The van der Waals surface area contributed by atoms with Gasteiger partial charge in [0.25, 0.3) is 0 Å². The summed E-state index contributed by atoms with van der Waals surface area (Å²) in [5, 5.41) is 11.4. The van der Waals surface area contributed by atoms with Gasteiger partial charge in [-0.2, -0.15) is 0 Å². The summed E-state index contributed by atoms with van der Waals surface area (Å²) in [6, 6.07) is 0. The third kappa shape index (κ3) is 2.86. The second-order valence-electron chi connectivity index (χ2n) is 7.40. The number of anilines is 1. The number of nitrogens with zero attached hydrogens (tertiary/aromatic N) is 2. The summed E-state index contributed by atoms with van der Waals surface area (Å²) in [4.78, 5) is 8.24. The molecule has 1 aromatic rings. The molecule has 1 atom stereocenters. The number of hydrogen-bond acceptors (Lipinski definition) is 4. The Balaban J connectivity index is 1.75. The molecule has 3 rings (SSSR count). The van der Waals surface area contributed by atoms with Crippen LogP contribution in [0.2, 0.25) is 0 Å². The van der Waals surface area contributed by atoms with E-state index >= 15 is 0 Å². The molecule has 1 unspecified atom stereocenters. The highest BCUT2D eigenvalue weighted by Gasteiger charge is 2.34. The van der Waals surface area contributed by atoms with E-state index in [1.807, 2.05) is 0 Å². The molecule has 1 fully saturated rings. The van der Waals surface area contributed by atoms with Crippen molar-refractivity contribution in [2.45, 2.75) is 58.5 Å². The van der Waals surface area contributed by atoms with Gasteiger partial charge in [0.2, 0.25) is 0 Å². The summed E-state index contributed by atoms with van der Waals surface area (Å²) in [5.74, 6) is 0.835. The Morgan fingerprint density at radius 1 is 1.35 bits per heavy atom. The van der Waals surface area contributed by atoms with Gasteiger partial charge in [0.1, 0.15) is 0 Å². The zero-order chi connectivity index (χ0) is 14.3. The van der Waals surface area contributed by atoms with Crippen LogP contribution < -0.4 is 4.90 Å². The second-order valence-corrected chi connectivity index (χ2v) is 8.41. The van der Waals surface area contributed by atoms with Crippen LogP contribution in [-0.4, -0.2) is 23.7 Å². The predicted molar refractivity (Wildman–Crippen MR) is 84.4 cm³/mol. The Bertz CT molecular complexity index is 477. The van der Waals surface area contributed by atoms with E-state index in [1.165, 1.54) is 25.7 Å². The fourth-order valence-electron chi connectivity index (χ4n) is 3.70. The summed E-state index contributed by atoms with van der Waals surface area (Å²) < 4.78 is 0. The van der Waals surface area contributed by atoms with Crippen LogP contribution in [0.1, 0.15) is 62.6 Å². The lowest BCUT2D eigenvalue weighted by atomic mass is 9.77. The molecule has 1 aromatic heterocycles. The first-order valence-corrected chi connectivity index (χ1v) is 8.65. The summed E-state index contributed by atoms with van der Waals surface area (Å²) in [6.45, 7) is 5.56. The van der Waals surface area contributed by atoms with Gasteiger partial charge in [0.15, 0.2) is 5.13 Å². The molecule has 0 aromatic carbocycles. The first-order chi connectivity index (χ1) is 9.44. The van der Waals surface area contributed by atoms with Gasteiger partial charge in [-0.3, -0.25) is 0 Å². The molecule has 2 aliphatic carbocycles. The van der Waals surface area contributed by atoms with Crippen molar-refractivity contribution in [3.05, 3.63) is 10.6 Å². The molecular weight excluding hydrogens is 268 g/mol. The monoisotopic (exact) mass is 294 g/mol. The van der Waals surface area contributed by atoms with E-state index in [2.05, 4.69) is 25.8 Å². The third-order valence-electron chi connectivity index (χ3n) is 4.74. The van der Waals surface area contributed by atoms with Crippen molar-refractivity contribution < 1.29 is 5.11 Å². The van der Waals surface area contributed by atoms with Gasteiger partial charge in [-0.15, -0.1) is 0 Å². The molecule has 0 amide bonds. The largest absolute Gasteiger partial charge is 0.387 e. The Kier molecular flexibility index (Phi) is 3.80. The average Bonchev–Trinajstić information content (AvgIpc) is 2.96. The number of fused-ring (bicyclic) bond motifs is 1. The molecule has 0 aliphatic heterocycles. The van der Waals surface area contributed by atoms with E-state index in [9.17, 15) is 5.11 Å². The quantitative estimate of drug-likeness (QED) is 0.921. The van der Waals surface area contributed by atoms with Crippen LogP contribution in [0, 0.1) is 11.3 Å². The Morgan fingerprint density at radius 2 is 2.05 bits per heavy atom. The van der Waals surface area contributed by atoms with E-state index in [-0.39, 0.29) is 11.5 Å². The molecule has 0 bridgehead atoms. The molecule has 1 heterocycles. The molecule has 1 N–H and O–H groups in total. The average molecular weight is 294 g/mol. The van der Waals surface area contributed by atoms with Crippen LogP contribution in [0.25, 0.3) is 0 Å². The lowest BCUT2D eigenvalue weighted by molar-refractivity contribution is 0.102. The molecule has 0 radical (unpaired) electrons. The molecular formula is C16H26N2OS. The highest BCUT2D eigenvalue weighted by atomic mass is 32.1. The molecule has 0 saturated heterocycles. The van der Waals surface area contributed by atoms with Crippen molar-refractivity contribution in [1.29, 1.82) is 0 Å². The third-order valence-corrected chi connectivity index (χ3v) is 6.06. The van der Waals surface area contributed by atoms with Crippen molar-refractivity contribution in [3.8, 4) is 0 Å². The van der Waals surface area contributed by atoms with Gasteiger partial charge in [-0.1, -0.05) is 38.0 Å². The maximum Gasteiger partial charge on any atom is 0.185 e. The Hall–Kier alpha value is -0.610. The minimum Gasteiger partial charge on any atom is -0.387 e. The van der Waals surface area contributed by atoms with Crippen LogP contribution in [0.4, 0.5) is 5.13 Å². The summed E-state index contributed by atoms with van der Waals surface area (Å²) in [7, 11) is 2.15.